The molecule has 1 aliphatic rings. The average Bonchev–Trinajstić information content (AvgIpc) is 3.50. The minimum atomic E-state index is -0.891. The number of Topliss-reactive ketones (excluding diaryl/α,β-unsaturated/α-hetero) is 1. The molecule has 1 atom stereocenters. The van der Waals surface area contributed by atoms with Gasteiger partial charge in [-0.25, -0.2) is 9.97 Å². The van der Waals surface area contributed by atoms with Crippen molar-refractivity contribution in [3.05, 3.63) is 100.0 Å². The van der Waals surface area contributed by atoms with E-state index in [1.54, 1.807) is 41.8 Å². The SMILES string of the molecule is Cc1ccc2nc(N3C(=O)C(=O)C(=C(O)c4c(C)nc5ccccn45)C3c3ccc(Cl)cc3)sc2c1. The van der Waals surface area contributed by atoms with Crippen LogP contribution in [0.5, 0.6) is 0 Å². The molecule has 2 aromatic carbocycles. The normalized spacial score (nSPS) is 17.5. The lowest BCUT2D eigenvalue weighted by Gasteiger charge is -2.23. The van der Waals surface area contributed by atoms with Crippen LogP contribution in [0, 0.1) is 13.8 Å². The lowest BCUT2D eigenvalue weighted by Crippen LogP contribution is -2.29. The predicted molar refractivity (Wildman–Crippen MR) is 141 cm³/mol. The van der Waals surface area contributed by atoms with Gasteiger partial charge in [0.05, 0.1) is 27.5 Å². The van der Waals surface area contributed by atoms with Gasteiger partial charge < -0.3 is 5.11 Å². The van der Waals surface area contributed by atoms with Gasteiger partial charge in [-0.1, -0.05) is 47.2 Å². The smallest absolute Gasteiger partial charge is 0.301 e. The van der Waals surface area contributed by atoms with Crippen LogP contribution in [0.25, 0.3) is 21.6 Å². The number of benzene rings is 2. The summed E-state index contributed by atoms with van der Waals surface area (Å²) in [6, 6.07) is 17.3. The fourth-order valence-electron chi connectivity index (χ4n) is 4.64. The number of imidazole rings is 1. The Morgan fingerprint density at radius 3 is 2.58 bits per heavy atom. The molecule has 0 bridgehead atoms. The summed E-state index contributed by atoms with van der Waals surface area (Å²) in [4.78, 5) is 37.5. The van der Waals surface area contributed by atoms with E-state index in [-0.39, 0.29) is 11.3 Å². The van der Waals surface area contributed by atoms with E-state index < -0.39 is 17.7 Å². The molecule has 1 N–H and O–H groups in total. The molecule has 36 heavy (non-hydrogen) atoms. The van der Waals surface area contributed by atoms with Gasteiger partial charge in [-0.15, -0.1) is 0 Å². The number of thiazole rings is 1. The summed E-state index contributed by atoms with van der Waals surface area (Å²) in [6.45, 7) is 3.74. The van der Waals surface area contributed by atoms with Gasteiger partial charge in [-0.3, -0.25) is 18.9 Å². The number of aliphatic hydroxyl groups excluding tert-OH is 1. The van der Waals surface area contributed by atoms with Gasteiger partial charge in [-0.2, -0.15) is 0 Å². The highest BCUT2D eigenvalue weighted by atomic mass is 35.5. The third-order valence-electron chi connectivity index (χ3n) is 6.30. The van der Waals surface area contributed by atoms with Gasteiger partial charge in [0.25, 0.3) is 5.78 Å². The fraction of sp³-hybridized carbons (Fsp3) is 0.111. The summed E-state index contributed by atoms with van der Waals surface area (Å²) in [7, 11) is 0. The lowest BCUT2D eigenvalue weighted by atomic mass is 9.96. The van der Waals surface area contributed by atoms with Gasteiger partial charge in [0.2, 0.25) is 0 Å². The highest BCUT2D eigenvalue weighted by Gasteiger charge is 2.48. The molecule has 6 rings (SSSR count). The molecule has 5 aromatic rings. The van der Waals surface area contributed by atoms with Crippen molar-refractivity contribution in [1.29, 1.82) is 0 Å². The molecule has 4 heterocycles. The van der Waals surface area contributed by atoms with E-state index >= 15 is 0 Å². The number of hydrogen-bond donors (Lipinski definition) is 1. The molecule has 0 saturated carbocycles. The maximum Gasteiger partial charge on any atom is 0.301 e. The van der Waals surface area contributed by atoms with E-state index in [0.29, 0.717) is 32.8 Å². The molecule has 178 valence electrons. The largest absolute Gasteiger partial charge is 0.505 e. The van der Waals surface area contributed by atoms with Crippen molar-refractivity contribution < 1.29 is 14.7 Å². The summed E-state index contributed by atoms with van der Waals surface area (Å²) in [5.74, 6) is -1.82. The second-order valence-electron chi connectivity index (χ2n) is 8.66. The molecule has 7 nitrogen and oxygen atoms in total. The number of ketones is 1. The average molecular weight is 515 g/mol. The molecule has 1 amide bonds. The molecule has 1 unspecified atom stereocenters. The van der Waals surface area contributed by atoms with Crippen LogP contribution in [0.1, 0.15) is 28.6 Å². The Bertz CT molecular complexity index is 1740. The first kappa shape index (κ1) is 22.5. The standard InChI is InChI=1S/C27H19ClN4O3S/c1-14-6-11-18-19(13-14)36-27(30-18)32-23(16-7-9-17(28)10-8-16)21(25(34)26(32)35)24(33)22-15(2)29-20-5-3-4-12-31(20)22/h3-13,23,33H,1-2H3. The van der Waals surface area contributed by atoms with Crippen LogP contribution in [0.4, 0.5) is 5.13 Å². The number of halogens is 1. The third-order valence-corrected chi connectivity index (χ3v) is 7.57. The van der Waals surface area contributed by atoms with Crippen molar-refractivity contribution in [3.63, 3.8) is 0 Å². The minimum Gasteiger partial charge on any atom is -0.505 e. The Kier molecular flexibility index (Phi) is 5.17. The monoisotopic (exact) mass is 514 g/mol. The first-order chi connectivity index (χ1) is 17.3. The molecule has 1 saturated heterocycles. The van der Waals surface area contributed by atoms with Crippen LogP contribution >= 0.6 is 22.9 Å². The first-order valence-electron chi connectivity index (χ1n) is 11.2. The number of carbonyl (C=O) groups excluding carboxylic acids is 2. The number of nitrogens with zero attached hydrogens (tertiary/aromatic N) is 4. The van der Waals surface area contributed by atoms with E-state index in [9.17, 15) is 14.7 Å². The Hall–Kier alpha value is -4.01. The summed E-state index contributed by atoms with van der Waals surface area (Å²) in [6.07, 6.45) is 1.76. The van der Waals surface area contributed by atoms with Gasteiger partial charge >= 0.3 is 5.91 Å². The van der Waals surface area contributed by atoms with Crippen LogP contribution < -0.4 is 4.90 Å². The number of aryl methyl sites for hydroxylation is 2. The maximum absolute atomic E-state index is 13.5. The van der Waals surface area contributed by atoms with Crippen LogP contribution in [0.2, 0.25) is 5.02 Å². The number of aromatic nitrogens is 3. The molecule has 3 aromatic heterocycles. The Labute approximate surface area is 214 Å². The summed E-state index contributed by atoms with van der Waals surface area (Å²) in [5.41, 5.74) is 3.92. The Morgan fingerprint density at radius 1 is 1.03 bits per heavy atom. The van der Waals surface area contributed by atoms with E-state index in [1.807, 2.05) is 43.3 Å². The predicted octanol–water partition coefficient (Wildman–Crippen LogP) is 5.84. The zero-order chi connectivity index (χ0) is 25.1. The molecule has 0 spiro atoms. The van der Waals surface area contributed by atoms with Gasteiger partial charge in [0, 0.05) is 11.2 Å². The van der Waals surface area contributed by atoms with Crippen molar-refractivity contribution in [3.8, 4) is 0 Å². The number of hydrogen-bond acceptors (Lipinski definition) is 6. The number of anilines is 1. The topological polar surface area (TPSA) is 87.8 Å². The Morgan fingerprint density at radius 2 is 1.81 bits per heavy atom. The summed E-state index contributed by atoms with van der Waals surface area (Å²) < 4.78 is 2.61. The van der Waals surface area contributed by atoms with Gasteiger partial charge in [-0.05, 0) is 61.4 Å². The Balaban J connectivity index is 1.61. The molecular weight excluding hydrogens is 496 g/mol. The third kappa shape index (κ3) is 3.41. The van der Waals surface area contributed by atoms with Crippen molar-refractivity contribution in [2.45, 2.75) is 19.9 Å². The highest BCUT2D eigenvalue weighted by molar-refractivity contribution is 7.22. The second-order valence-corrected chi connectivity index (χ2v) is 10.1. The second kappa shape index (κ2) is 8.29. The van der Waals surface area contributed by atoms with Crippen molar-refractivity contribution in [2.24, 2.45) is 0 Å². The number of rotatable bonds is 3. The van der Waals surface area contributed by atoms with E-state index in [1.165, 1.54) is 16.2 Å². The van der Waals surface area contributed by atoms with Crippen LogP contribution in [-0.2, 0) is 9.59 Å². The van der Waals surface area contributed by atoms with Crippen LogP contribution in [-0.4, -0.2) is 31.2 Å². The quantitative estimate of drug-likeness (QED) is 0.186. The van der Waals surface area contributed by atoms with Crippen LogP contribution in [0.3, 0.4) is 0 Å². The number of pyridine rings is 1. The van der Waals surface area contributed by atoms with Crippen molar-refractivity contribution in [1.82, 2.24) is 14.4 Å². The van der Waals surface area contributed by atoms with E-state index in [2.05, 4.69) is 9.97 Å². The van der Waals surface area contributed by atoms with Crippen molar-refractivity contribution in [2.75, 3.05) is 4.90 Å². The zero-order valence-corrected chi connectivity index (χ0v) is 20.8. The minimum absolute atomic E-state index is 0.0217. The summed E-state index contributed by atoms with van der Waals surface area (Å²) >= 11 is 7.46. The lowest BCUT2D eigenvalue weighted by molar-refractivity contribution is -0.132. The van der Waals surface area contributed by atoms with E-state index in [0.717, 1.165) is 15.8 Å². The maximum atomic E-state index is 13.5. The number of aliphatic hydroxyl groups is 1. The first-order valence-corrected chi connectivity index (χ1v) is 12.4. The number of fused-ring (bicyclic) bond motifs is 2. The van der Waals surface area contributed by atoms with Gasteiger partial charge in [0.1, 0.15) is 11.3 Å². The van der Waals surface area contributed by atoms with Gasteiger partial charge in [0.15, 0.2) is 10.9 Å². The van der Waals surface area contributed by atoms with Crippen molar-refractivity contribution >= 4 is 61.4 Å². The molecule has 0 aliphatic carbocycles. The molecule has 1 aliphatic heterocycles. The fourth-order valence-corrected chi connectivity index (χ4v) is 5.86. The highest BCUT2D eigenvalue weighted by Crippen LogP contribution is 2.44. The van der Waals surface area contributed by atoms with Crippen LogP contribution in [0.15, 0.2) is 72.4 Å². The molecule has 0 radical (unpaired) electrons. The summed E-state index contributed by atoms with van der Waals surface area (Å²) in [5, 5.41) is 12.5. The zero-order valence-electron chi connectivity index (χ0n) is 19.3. The van der Waals surface area contributed by atoms with E-state index in [4.69, 9.17) is 11.6 Å². The number of carbonyl (C=O) groups is 2. The molecule has 9 heteroatoms. The number of amides is 1. The molecule has 1 fully saturated rings. The molecular formula is C27H19ClN4O3S.